The number of halogens is 1. The Morgan fingerprint density at radius 1 is 1.08 bits per heavy atom. The number of aryl methyl sites for hydroxylation is 2. The number of hydrogen-bond donors (Lipinski definition) is 2. The number of carbonyl (C=O) groups excluding carboxylic acids is 1. The second-order valence-electron chi connectivity index (χ2n) is 9.72. The lowest BCUT2D eigenvalue weighted by Crippen LogP contribution is -2.56. The summed E-state index contributed by atoms with van der Waals surface area (Å²) >= 11 is 6.37. The number of carbonyl (C=O) groups is 1. The average molecular weight is 513 g/mol. The summed E-state index contributed by atoms with van der Waals surface area (Å²) in [6.45, 7) is 2.84. The van der Waals surface area contributed by atoms with Crippen molar-refractivity contribution in [2.45, 2.75) is 31.5 Å². The maximum absolute atomic E-state index is 13.4. The van der Waals surface area contributed by atoms with Crippen molar-refractivity contribution in [2.24, 2.45) is 0 Å². The fourth-order valence-electron chi connectivity index (χ4n) is 5.50. The second-order valence-corrected chi connectivity index (χ2v) is 10.2. The molecule has 2 aromatic heterocycles. The molecular weight excluding hydrogens is 484 g/mol. The third-order valence-corrected chi connectivity index (χ3v) is 7.49. The Hall–Kier alpha value is -3.52. The largest absolute Gasteiger partial charge is 0.333 e. The molecule has 0 radical (unpaired) electrons. The number of piperazine rings is 1. The maximum atomic E-state index is 13.4. The molecule has 1 saturated heterocycles. The van der Waals surface area contributed by atoms with Gasteiger partial charge in [0.15, 0.2) is 0 Å². The molecule has 1 unspecified atom stereocenters. The van der Waals surface area contributed by atoms with E-state index in [0.29, 0.717) is 13.1 Å². The summed E-state index contributed by atoms with van der Waals surface area (Å²) < 4.78 is 2.01. The van der Waals surface area contributed by atoms with Crippen LogP contribution in [0.5, 0.6) is 0 Å². The van der Waals surface area contributed by atoms with Crippen LogP contribution >= 0.6 is 11.6 Å². The van der Waals surface area contributed by atoms with Gasteiger partial charge in [0, 0.05) is 55.5 Å². The third kappa shape index (κ3) is 5.16. The molecule has 3 heterocycles. The van der Waals surface area contributed by atoms with E-state index in [-0.39, 0.29) is 18.0 Å². The molecule has 0 bridgehead atoms. The van der Waals surface area contributed by atoms with Crippen molar-refractivity contribution in [3.05, 3.63) is 112 Å². The Balaban J connectivity index is 1.22. The standard InChI is InChI=1S/C29H29ClN6O/c30-23-8-9-25-22(16-23)7-6-21-4-2-10-33-27(21)28(25)36-14-12-32-26(18-36)29(37)34-24-5-1-3-20(15-24)17-35-13-11-31-19-35/h1-5,8-11,13,15-16,19,26,28,32H,6-7,12,14,17-18H2,(H,34,37)/t26-,28?/m1/s1. The fraction of sp³-hybridized carbons (Fsp3) is 0.276. The molecule has 188 valence electrons. The second kappa shape index (κ2) is 10.5. The highest BCUT2D eigenvalue weighted by Crippen LogP contribution is 2.37. The van der Waals surface area contributed by atoms with Gasteiger partial charge in [0.05, 0.1) is 24.1 Å². The van der Waals surface area contributed by atoms with E-state index in [1.807, 2.05) is 47.3 Å². The van der Waals surface area contributed by atoms with E-state index in [2.05, 4.69) is 44.8 Å². The molecule has 1 aliphatic heterocycles. The predicted molar refractivity (Wildman–Crippen MR) is 145 cm³/mol. The van der Waals surface area contributed by atoms with Crippen molar-refractivity contribution in [3.8, 4) is 0 Å². The molecule has 37 heavy (non-hydrogen) atoms. The van der Waals surface area contributed by atoms with E-state index in [0.717, 1.165) is 47.9 Å². The van der Waals surface area contributed by atoms with Gasteiger partial charge in [-0.1, -0.05) is 35.9 Å². The van der Waals surface area contributed by atoms with Crippen LogP contribution in [-0.4, -0.2) is 51.0 Å². The summed E-state index contributed by atoms with van der Waals surface area (Å²) in [5.41, 5.74) is 6.72. The molecule has 7 nitrogen and oxygen atoms in total. The Morgan fingerprint density at radius 2 is 2.00 bits per heavy atom. The van der Waals surface area contributed by atoms with Crippen molar-refractivity contribution in [1.82, 2.24) is 24.8 Å². The minimum absolute atomic E-state index is 0.0122. The number of fused-ring (bicyclic) bond motifs is 2. The van der Waals surface area contributed by atoms with Gasteiger partial charge in [-0.05, 0) is 65.4 Å². The molecule has 2 atom stereocenters. The van der Waals surface area contributed by atoms with E-state index < -0.39 is 0 Å². The van der Waals surface area contributed by atoms with Crippen molar-refractivity contribution in [2.75, 3.05) is 25.0 Å². The topological polar surface area (TPSA) is 75.1 Å². The summed E-state index contributed by atoms with van der Waals surface area (Å²) in [5.74, 6) is -0.0318. The molecule has 2 aromatic carbocycles. The van der Waals surface area contributed by atoms with Gasteiger partial charge in [0.1, 0.15) is 0 Å². The fourth-order valence-corrected chi connectivity index (χ4v) is 5.70. The zero-order valence-electron chi connectivity index (χ0n) is 20.5. The van der Waals surface area contributed by atoms with Crippen LogP contribution in [-0.2, 0) is 24.2 Å². The normalized spacial score (nSPS) is 19.5. The van der Waals surface area contributed by atoms with Gasteiger partial charge in [-0.2, -0.15) is 0 Å². The average Bonchev–Trinajstić information content (AvgIpc) is 3.36. The number of anilines is 1. The zero-order valence-corrected chi connectivity index (χ0v) is 21.2. The molecule has 0 spiro atoms. The van der Waals surface area contributed by atoms with Crippen LogP contribution in [0.2, 0.25) is 5.02 Å². The van der Waals surface area contributed by atoms with Crippen LogP contribution in [0.4, 0.5) is 5.69 Å². The van der Waals surface area contributed by atoms with Gasteiger partial charge in [0.2, 0.25) is 5.91 Å². The van der Waals surface area contributed by atoms with Crippen LogP contribution < -0.4 is 10.6 Å². The van der Waals surface area contributed by atoms with Gasteiger partial charge < -0.3 is 15.2 Å². The van der Waals surface area contributed by atoms with Crippen LogP contribution in [0.1, 0.15) is 34.0 Å². The van der Waals surface area contributed by atoms with Crippen LogP contribution in [0.15, 0.2) is 79.5 Å². The van der Waals surface area contributed by atoms with Crippen LogP contribution in [0, 0.1) is 0 Å². The number of amides is 1. The minimum atomic E-state index is -0.336. The molecule has 8 heteroatoms. The van der Waals surface area contributed by atoms with E-state index in [1.165, 1.54) is 16.7 Å². The highest BCUT2D eigenvalue weighted by Gasteiger charge is 2.35. The Morgan fingerprint density at radius 3 is 2.89 bits per heavy atom. The summed E-state index contributed by atoms with van der Waals surface area (Å²) in [6.07, 6.45) is 9.21. The van der Waals surface area contributed by atoms with E-state index >= 15 is 0 Å². The molecule has 1 fully saturated rings. The first-order valence-corrected chi connectivity index (χ1v) is 13.1. The smallest absolute Gasteiger partial charge is 0.242 e. The SMILES string of the molecule is O=C(Nc1cccc(Cn2ccnc2)c1)[C@H]1CN(C2c3ccc(Cl)cc3CCc3cccnc32)CCN1. The molecule has 2 N–H and O–H groups in total. The summed E-state index contributed by atoms with van der Waals surface area (Å²) in [5, 5.41) is 7.31. The van der Waals surface area contributed by atoms with E-state index in [4.69, 9.17) is 16.6 Å². The quantitative estimate of drug-likeness (QED) is 0.421. The number of aromatic nitrogens is 3. The first-order valence-electron chi connectivity index (χ1n) is 12.7. The number of nitrogens with zero attached hydrogens (tertiary/aromatic N) is 4. The summed E-state index contributed by atoms with van der Waals surface area (Å²) in [7, 11) is 0. The number of benzene rings is 2. The van der Waals surface area contributed by atoms with Crippen LogP contribution in [0.25, 0.3) is 0 Å². The maximum Gasteiger partial charge on any atom is 0.242 e. The number of nitrogens with one attached hydrogen (secondary N) is 2. The molecule has 4 aromatic rings. The van der Waals surface area contributed by atoms with Crippen molar-refractivity contribution >= 4 is 23.2 Å². The molecule has 6 rings (SSSR count). The number of pyridine rings is 1. The highest BCUT2D eigenvalue weighted by atomic mass is 35.5. The summed E-state index contributed by atoms with van der Waals surface area (Å²) in [4.78, 5) is 24.7. The Labute approximate surface area is 221 Å². The lowest BCUT2D eigenvalue weighted by molar-refractivity contribution is -0.119. The van der Waals surface area contributed by atoms with Crippen LogP contribution in [0.3, 0.4) is 0 Å². The molecular formula is C29H29ClN6O. The number of hydrogen-bond acceptors (Lipinski definition) is 5. The van der Waals surface area contributed by atoms with Gasteiger partial charge in [-0.15, -0.1) is 0 Å². The monoisotopic (exact) mass is 512 g/mol. The van der Waals surface area contributed by atoms with Crippen molar-refractivity contribution < 1.29 is 4.79 Å². The molecule has 2 aliphatic rings. The Bertz CT molecular complexity index is 1410. The van der Waals surface area contributed by atoms with Gasteiger partial charge >= 0.3 is 0 Å². The molecule has 1 amide bonds. The van der Waals surface area contributed by atoms with E-state index in [1.54, 1.807) is 12.5 Å². The van der Waals surface area contributed by atoms with Gasteiger partial charge in [-0.3, -0.25) is 14.7 Å². The lowest BCUT2D eigenvalue weighted by atomic mass is 9.95. The van der Waals surface area contributed by atoms with Crippen molar-refractivity contribution in [3.63, 3.8) is 0 Å². The molecule has 0 saturated carbocycles. The predicted octanol–water partition coefficient (Wildman–Crippen LogP) is 4.08. The first kappa shape index (κ1) is 23.9. The Kier molecular flexibility index (Phi) is 6.74. The van der Waals surface area contributed by atoms with Gasteiger partial charge in [-0.25, -0.2) is 4.98 Å². The molecule has 1 aliphatic carbocycles. The highest BCUT2D eigenvalue weighted by molar-refractivity contribution is 6.30. The zero-order chi connectivity index (χ0) is 25.2. The number of rotatable bonds is 5. The minimum Gasteiger partial charge on any atom is -0.333 e. The van der Waals surface area contributed by atoms with E-state index in [9.17, 15) is 4.79 Å². The lowest BCUT2D eigenvalue weighted by Gasteiger charge is -2.39. The third-order valence-electron chi connectivity index (χ3n) is 7.26. The first-order chi connectivity index (χ1) is 18.1. The summed E-state index contributed by atoms with van der Waals surface area (Å²) in [6, 6.07) is 18.0. The number of imidazole rings is 1. The van der Waals surface area contributed by atoms with Crippen molar-refractivity contribution in [1.29, 1.82) is 0 Å². The van der Waals surface area contributed by atoms with Gasteiger partial charge in [0.25, 0.3) is 0 Å².